The predicted molar refractivity (Wildman–Crippen MR) is 95.1 cm³/mol. The summed E-state index contributed by atoms with van der Waals surface area (Å²) in [6.45, 7) is 0.975. The van der Waals surface area contributed by atoms with Crippen LogP contribution in [0.15, 0.2) is 29.6 Å². The molecule has 0 spiro atoms. The van der Waals surface area contributed by atoms with Crippen molar-refractivity contribution in [1.82, 2.24) is 10.6 Å². The quantitative estimate of drug-likeness (QED) is 0.833. The SMILES string of the molecule is S=C(NCc1ccc2c(c1)OCO2)NC1CCCc2sccc21. The Balaban J connectivity index is 1.34. The molecule has 1 unspecified atom stereocenters. The Morgan fingerprint density at radius 3 is 3.13 bits per heavy atom. The van der Waals surface area contributed by atoms with E-state index in [1.807, 2.05) is 29.5 Å². The molecule has 0 saturated carbocycles. The molecule has 1 atom stereocenters. The minimum Gasteiger partial charge on any atom is -0.454 e. The Labute approximate surface area is 144 Å². The second-order valence-corrected chi connectivity index (χ2v) is 7.17. The average molecular weight is 346 g/mol. The maximum atomic E-state index is 5.46. The second kappa shape index (κ2) is 6.37. The molecule has 0 saturated heterocycles. The van der Waals surface area contributed by atoms with Gasteiger partial charge in [-0.05, 0) is 66.2 Å². The van der Waals surface area contributed by atoms with Gasteiger partial charge >= 0.3 is 0 Å². The van der Waals surface area contributed by atoms with Gasteiger partial charge in [-0.2, -0.15) is 0 Å². The van der Waals surface area contributed by atoms with Gasteiger partial charge < -0.3 is 20.1 Å². The highest BCUT2D eigenvalue weighted by Crippen LogP contribution is 2.33. The van der Waals surface area contributed by atoms with E-state index in [9.17, 15) is 0 Å². The smallest absolute Gasteiger partial charge is 0.231 e. The average Bonchev–Trinajstić information content (AvgIpc) is 3.21. The molecule has 2 aromatic rings. The zero-order chi connectivity index (χ0) is 15.6. The summed E-state index contributed by atoms with van der Waals surface area (Å²) in [5.74, 6) is 1.61. The summed E-state index contributed by atoms with van der Waals surface area (Å²) >= 11 is 7.31. The molecule has 1 aliphatic heterocycles. The molecular formula is C17H18N2O2S2. The lowest BCUT2D eigenvalue weighted by molar-refractivity contribution is 0.174. The van der Waals surface area contributed by atoms with Crippen molar-refractivity contribution in [2.45, 2.75) is 31.8 Å². The fourth-order valence-corrected chi connectivity index (χ4v) is 4.28. The zero-order valence-corrected chi connectivity index (χ0v) is 14.3. The summed E-state index contributed by atoms with van der Waals surface area (Å²) in [4.78, 5) is 1.49. The van der Waals surface area contributed by atoms with Gasteiger partial charge in [0, 0.05) is 11.4 Å². The van der Waals surface area contributed by atoms with E-state index >= 15 is 0 Å². The molecule has 2 N–H and O–H groups in total. The number of rotatable bonds is 3. The van der Waals surface area contributed by atoms with Crippen molar-refractivity contribution < 1.29 is 9.47 Å². The molecule has 0 fully saturated rings. The first kappa shape index (κ1) is 14.8. The van der Waals surface area contributed by atoms with Crippen LogP contribution in [0.5, 0.6) is 11.5 Å². The third kappa shape index (κ3) is 3.14. The molecule has 2 heterocycles. The van der Waals surface area contributed by atoms with Crippen LogP contribution in [0.25, 0.3) is 0 Å². The summed E-state index contributed by atoms with van der Waals surface area (Å²) in [6, 6.07) is 8.52. The molecule has 1 aromatic carbocycles. The highest BCUT2D eigenvalue weighted by Gasteiger charge is 2.21. The first-order chi connectivity index (χ1) is 11.3. The summed E-state index contributed by atoms with van der Waals surface area (Å²) in [7, 11) is 0. The van der Waals surface area contributed by atoms with Crippen molar-refractivity contribution in [1.29, 1.82) is 0 Å². The van der Waals surface area contributed by atoms with Gasteiger partial charge in [0.25, 0.3) is 0 Å². The Kier molecular flexibility index (Phi) is 4.10. The molecule has 6 heteroatoms. The molecule has 120 valence electrons. The number of hydrogen-bond acceptors (Lipinski definition) is 4. The van der Waals surface area contributed by atoms with E-state index in [4.69, 9.17) is 21.7 Å². The van der Waals surface area contributed by atoms with Gasteiger partial charge in [0.1, 0.15) is 0 Å². The van der Waals surface area contributed by atoms with E-state index in [2.05, 4.69) is 22.1 Å². The van der Waals surface area contributed by atoms with Crippen LogP contribution in [0.1, 0.15) is 34.9 Å². The molecule has 0 radical (unpaired) electrons. The largest absolute Gasteiger partial charge is 0.454 e. The van der Waals surface area contributed by atoms with Crippen LogP contribution in [0.3, 0.4) is 0 Å². The van der Waals surface area contributed by atoms with E-state index in [-0.39, 0.29) is 0 Å². The molecule has 1 aliphatic carbocycles. The van der Waals surface area contributed by atoms with Crippen molar-refractivity contribution >= 4 is 28.7 Å². The Bertz CT molecular complexity index is 729. The van der Waals surface area contributed by atoms with Crippen molar-refractivity contribution in [3.8, 4) is 11.5 Å². The Hall–Kier alpha value is -1.79. The highest BCUT2D eigenvalue weighted by atomic mass is 32.1. The molecule has 0 bridgehead atoms. The van der Waals surface area contributed by atoms with E-state index in [0.29, 0.717) is 24.5 Å². The first-order valence-electron chi connectivity index (χ1n) is 7.79. The number of thiocarbonyl (C=S) groups is 1. The minimum atomic E-state index is 0.302. The monoisotopic (exact) mass is 346 g/mol. The Morgan fingerprint density at radius 1 is 1.26 bits per heavy atom. The number of aryl methyl sites for hydroxylation is 1. The van der Waals surface area contributed by atoms with Crippen LogP contribution in [-0.4, -0.2) is 11.9 Å². The van der Waals surface area contributed by atoms with Crippen LogP contribution < -0.4 is 20.1 Å². The normalized spacial score (nSPS) is 18.3. The van der Waals surface area contributed by atoms with Crippen molar-refractivity contribution in [2.24, 2.45) is 0 Å². The molecule has 4 rings (SSSR count). The lowest BCUT2D eigenvalue weighted by atomic mass is 9.94. The minimum absolute atomic E-state index is 0.302. The first-order valence-corrected chi connectivity index (χ1v) is 9.07. The van der Waals surface area contributed by atoms with Crippen LogP contribution in [0, 0.1) is 0 Å². The van der Waals surface area contributed by atoms with Crippen molar-refractivity contribution in [2.75, 3.05) is 6.79 Å². The second-order valence-electron chi connectivity index (χ2n) is 5.76. The van der Waals surface area contributed by atoms with Gasteiger partial charge in [-0.1, -0.05) is 6.07 Å². The maximum Gasteiger partial charge on any atom is 0.231 e. The number of nitrogens with one attached hydrogen (secondary N) is 2. The van der Waals surface area contributed by atoms with Crippen LogP contribution in [0.4, 0.5) is 0 Å². The number of benzene rings is 1. The third-order valence-corrected chi connectivity index (χ3v) is 5.51. The summed E-state index contributed by atoms with van der Waals surface area (Å²) in [6.07, 6.45) is 3.55. The van der Waals surface area contributed by atoms with Crippen molar-refractivity contribution in [3.63, 3.8) is 0 Å². The zero-order valence-electron chi connectivity index (χ0n) is 12.6. The molecule has 23 heavy (non-hydrogen) atoms. The lowest BCUT2D eigenvalue weighted by Crippen LogP contribution is -2.38. The molecular weight excluding hydrogens is 328 g/mol. The third-order valence-electron chi connectivity index (χ3n) is 4.25. The van der Waals surface area contributed by atoms with E-state index < -0.39 is 0 Å². The van der Waals surface area contributed by atoms with Gasteiger partial charge in [0.05, 0.1) is 6.04 Å². The number of thiophene rings is 1. The fraction of sp³-hybridized carbons (Fsp3) is 0.353. The summed E-state index contributed by atoms with van der Waals surface area (Å²) in [5.41, 5.74) is 2.53. The van der Waals surface area contributed by atoms with E-state index in [0.717, 1.165) is 23.5 Å². The highest BCUT2D eigenvalue weighted by molar-refractivity contribution is 7.80. The van der Waals surface area contributed by atoms with Crippen LogP contribution >= 0.6 is 23.6 Å². The van der Waals surface area contributed by atoms with Crippen molar-refractivity contribution in [3.05, 3.63) is 45.6 Å². The fourth-order valence-electron chi connectivity index (χ4n) is 3.08. The van der Waals surface area contributed by atoms with Crippen LogP contribution in [0.2, 0.25) is 0 Å². The molecule has 0 amide bonds. The molecule has 4 nitrogen and oxygen atoms in total. The summed E-state index contributed by atoms with van der Waals surface area (Å²) in [5, 5.41) is 9.62. The van der Waals surface area contributed by atoms with Gasteiger partial charge in [-0.15, -0.1) is 11.3 Å². The molecule has 1 aromatic heterocycles. The van der Waals surface area contributed by atoms with Gasteiger partial charge in [-0.3, -0.25) is 0 Å². The number of hydrogen-bond donors (Lipinski definition) is 2. The standard InChI is InChI=1S/C17H18N2O2S2/c22-17(19-13-2-1-3-16-12(13)6-7-23-16)18-9-11-4-5-14-15(8-11)21-10-20-14/h4-8,13H,1-3,9-10H2,(H2,18,19,22). The maximum absolute atomic E-state index is 5.46. The van der Waals surface area contributed by atoms with Crippen LogP contribution in [-0.2, 0) is 13.0 Å². The van der Waals surface area contributed by atoms with E-state index in [1.165, 1.54) is 23.3 Å². The van der Waals surface area contributed by atoms with E-state index in [1.54, 1.807) is 0 Å². The lowest BCUT2D eigenvalue weighted by Gasteiger charge is -2.25. The number of ether oxygens (including phenoxy) is 2. The van der Waals surface area contributed by atoms with Gasteiger partial charge in [-0.25, -0.2) is 0 Å². The molecule has 2 aliphatic rings. The van der Waals surface area contributed by atoms with Gasteiger partial charge in [0.2, 0.25) is 6.79 Å². The van der Waals surface area contributed by atoms with Gasteiger partial charge in [0.15, 0.2) is 16.6 Å². The predicted octanol–water partition coefficient (Wildman–Crippen LogP) is 3.52. The number of fused-ring (bicyclic) bond motifs is 2. The topological polar surface area (TPSA) is 42.5 Å². The Morgan fingerprint density at radius 2 is 2.17 bits per heavy atom. The summed E-state index contributed by atoms with van der Waals surface area (Å²) < 4.78 is 10.7.